The van der Waals surface area contributed by atoms with Crippen LogP contribution in [0.15, 0.2) is 0 Å². The fourth-order valence-corrected chi connectivity index (χ4v) is 8.74. The second-order valence-electron chi connectivity index (χ2n) is 11.7. The van der Waals surface area contributed by atoms with E-state index in [1.165, 1.54) is 7.11 Å². The van der Waals surface area contributed by atoms with Crippen molar-refractivity contribution in [3.63, 3.8) is 0 Å². The summed E-state index contributed by atoms with van der Waals surface area (Å²) >= 11 is 0. The fourth-order valence-electron chi connectivity index (χ4n) is 8.74. The third kappa shape index (κ3) is 3.17. The molecule has 5 nitrogen and oxygen atoms in total. The molecule has 4 aliphatic rings. The van der Waals surface area contributed by atoms with Gasteiger partial charge in [-0.15, -0.1) is 0 Å². The Bertz CT molecular complexity index is 666. The van der Waals surface area contributed by atoms with Crippen molar-refractivity contribution in [2.45, 2.75) is 103 Å². The lowest BCUT2D eigenvalue weighted by Crippen LogP contribution is -2.61. The zero-order valence-electron chi connectivity index (χ0n) is 19.3. The molecule has 0 unspecified atom stereocenters. The van der Waals surface area contributed by atoms with E-state index in [4.69, 9.17) is 4.74 Å². The van der Waals surface area contributed by atoms with Crippen molar-refractivity contribution in [1.82, 2.24) is 0 Å². The minimum absolute atomic E-state index is 0.0250. The number of rotatable bonds is 4. The normalized spacial score (nSPS) is 51.4. The van der Waals surface area contributed by atoms with Gasteiger partial charge in [-0.1, -0.05) is 20.8 Å². The quantitative estimate of drug-likeness (QED) is 0.602. The van der Waals surface area contributed by atoms with E-state index in [0.717, 1.165) is 51.4 Å². The van der Waals surface area contributed by atoms with Crippen molar-refractivity contribution in [2.24, 2.45) is 40.4 Å². The number of hydrogen-bond acceptors (Lipinski definition) is 5. The summed E-state index contributed by atoms with van der Waals surface area (Å²) in [5, 5.41) is 33.5. The number of hydrogen-bond donors (Lipinski definition) is 3. The van der Waals surface area contributed by atoms with Crippen LogP contribution in [0.3, 0.4) is 0 Å². The molecule has 0 amide bonds. The van der Waals surface area contributed by atoms with Gasteiger partial charge in [0.25, 0.3) is 0 Å². The highest BCUT2D eigenvalue weighted by molar-refractivity contribution is 5.69. The standard InChI is InChI=1S/C25H42O5/c1-15(5-6-21(28)30-4)25(29)12-9-19-22-18(8-11-24(19,25)3)23(2)10-7-17(26)13-16(23)14-20(22)27/h15-20,22,26-27,29H,5-14H2,1-4H3/t15-,16+,17-,18+,19+,20-,22-,23+,24+,25+/m1/s1. The summed E-state index contributed by atoms with van der Waals surface area (Å²) in [4.78, 5) is 11.7. The summed E-state index contributed by atoms with van der Waals surface area (Å²) in [6.45, 7) is 6.75. The maximum absolute atomic E-state index is 11.9. The van der Waals surface area contributed by atoms with Crippen LogP contribution in [-0.4, -0.2) is 46.2 Å². The van der Waals surface area contributed by atoms with Gasteiger partial charge in [-0.3, -0.25) is 4.79 Å². The lowest BCUT2D eigenvalue weighted by Gasteiger charge is -2.63. The molecule has 0 spiro atoms. The average molecular weight is 423 g/mol. The molecule has 0 bridgehead atoms. The lowest BCUT2D eigenvalue weighted by atomic mass is 9.43. The predicted octanol–water partition coefficient (Wildman–Crippen LogP) is 3.68. The Balaban J connectivity index is 1.57. The number of carbonyl (C=O) groups is 1. The molecule has 0 aromatic carbocycles. The van der Waals surface area contributed by atoms with Gasteiger partial charge in [0, 0.05) is 6.42 Å². The molecule has 0 radical (unpaired) electrons. The van der Waals surface area contributed by atoms with Crippen LogP contribution in [0.1, 0.15) is 85.0 Å². The van der Waals surface area contributed by atoms with Crippen molar-refractivity contribution in [3.8, 4) is 0 Å². The van der Waals surface area contributed by atoms with E-state index in [0.29, 0.717) is 30.6 Å². The van der Waals surface area contributed by atoms with Crippen molar-refractivity contribution in [1.29, 1.82) is 0 Å². The van der Waals surface area contributed by atoms with Crippen LogP contribution in [0.4, 0.5) is 0 Å². The summed E-state index contributed by atoms with van der Waals surface area (Å²) in [5.41, 5.74) is -0.819. The summed E-state index contributed by atoms with van der Waals surface area (Å²) in [6, 6.07) is 0. The molecule has 30 heavy (non-hydrogen) atoms. The first-order valence-electron chi connectivity index (χ1n) is 12.2. The van der Waals surface area contributed by atoms with Crippen molar-refractivity contribution in [3.05, 3.63) is 0 Å². The molecule has 4 saturated carbocycles. The number of ether oxygens (including phenoxy) is 1. The van der Waals surface area contributed by atoms with E-state index in [1.54, 1.807) is 0 Å². The molecule has 172 valence electrons. The van der Waals surface area contributed by atoms with E-state index in [-0.39, 0.29) is 40.8 Å². The first-order chi connectivity index (χ1) is 14.1. The molecule has 3 N–H and O–H groups in total. The smallest absolute Gasteiger partial charge is 0.305 e. The van der Waals surface area contributed by atoms with Crippen molar-refractivity contribution < 1.29 is 24.9 Å². The molecule has 4 rings (SSSR count). The second-order valence-corrected chi connectivity index (χ2v) is 11.7. The van der Waals surface area contributed by atoms with E-state index in [1.807, 2.05) is 0 Å². The van der Waals surface area contributed by atoms with Gasteiger partial charge in [0.2, 0.25) is 0 Å². The molecular weight excluding hydrogens is 380 g/mol. The number of methoxy groups -OCH3 is 1. The van der Waals surface area contributed by atoms with Crippen LogP contribution in [0.5, 0.6) is 0 Å². The SMILES string of the molecule is COC(=O)CC[C@@H](C)[C@@]1(O)CC[C@H]2[C@@H]3[C@H](O)C[C@@H]4C[C@H](O)CC[C@]4(C)[C@H]3CC[C@@]21C. The fraction of sp³-hybridized carbons (Fsp3) is 0.960. The summed E-state index contributed by atoms with van der Waals surface area (Å²) in [6.07, 6.45) is 7.71. The van der Waals surface area contributed by atoms with Crippen molar-refractivity contribution in [2.75, 3.05) is 7.11 Å². The Hall–Kier alpha value is -0.650. The van der Waals surface area contributed by atoms with Crippen LogP contribution in [0.25, 0.3) is 0 Å². The van der Waals surface area contributed by atoms with Crippen LogP contribution in [0, 0.1) is 40.4 Å². The molecule has 5 heteroatoms. The van der Waals surface area contributed by atoms with E-state index < -0.39 is 5.60 Å². The maximum atomic E-state index is 11.9. The highest BCUT2D eigenvalue weighted by Crippen LogP contribution is 2.69. The van der Waals surface area contributed by atoms with Gasteiger partial charge in [-0.2, -0.15) is 0 Å². The first-order valence-corrected chi connectivity index (χ1v) is 12.2. The zero-order chi connectivity index (χ0) is 21.9. The van der Waals surface area contributed by atoms with Crippen molar-refractivity contribution >= 4 is 5.97 Å². The zero-order valence-corrected chi connectivity index (χ0v) is 19.3. The van der Waals surface area contributed by atoms with Crippen LogP contribution in [0.2, 0.25) is 0 Å². The summed E-state index contributed by atoms with van der Waals surface area (Å²) < 4.78 is 4.81. The Morgan fingerprint density at radius 2 is 1.77 bits per heavy atom. The molecule has 10 atom stereocenters. The van der Waals surface area contributed by atoms with Crippen LogP contribution >= 0.6 is 0 Å². The third-order valence-corrected chi connectivity index (χ3v) is 10.7. The summed E-state index contributed by atoms with van der Waals surface area (Å²) in [5.74, 6) is 1.25. The van der Waals surface area contributed by atoms with Gasteiger partial charge in [0.15, 0.2) is 0 Å². The lowest BCUT2D eigenvalue weighted by molar-refractivity contribution is -0.201. The van der Waals surface area contributed by atoms with Crippen LogP contribution < -0.4 is 0 Å². The highest BCUT2D eigenvalue weighted by atomic mass is 16.5. The largest absolute Gasteiger partial charge is 0.469 e. The molecule has 4 aliphatic carbocycles. The van der Waals surface area contributed by atoms with Gasteiger partial charge < -0.3 is 20.1 Å². The second kappa shape index (κ2) is 7.74. The number of fused-ring (bicyclic) bond motifs is 5. The highest BCUT2D eigenvalue weighted by Gasteiger charge is 2.67. The minimum Gasteiger partial charge on any atom is -0.469 e. The van der Waals surface area contributed by atoms with Gasteiger partial charge in [-0.25, -0.2) is 0 Å². The Kier molecular flexibility index (Phi) is 5.81. The molecule has 0 heterocycles. The molecule has 0 saturated heterocycles. The molecule has 0 aromatic heterocycles. The summed E-state index contributed by atoms with van der Waals surface area (Å²) in [7, 11) is 1.42. The predicted molar refractivity (Wildman–Crippen MR) is 114 cm³/mol. The number of esters is 1. The Morgan fingerprint density at radius 3 is 2.47 bits per heavy atom. The monoisotopic (exact) mass is 422 g/mol. The van der Waals surface area contributed by atoms with E-state index in [9.17, 15) is 20.1 Å². The Labute approximate surface area is 181 Å². The van der Waals surface area contributed by atoms with Gasteiger partial charge in [0.05, 0.1) is 24.9 Å². The molecule has 4 fully saturated rings. The number of aliphatic hydroxyl groups is 3. The van der Waals surface area contributed by atoms with E-state index >= 15 is 0 Å². The Morgan fingerprint density at radius 1 is 1.07 bits per heavy atom. The number of carbonyl (C=O) groups excluding carboxylic acids is 1. The minimum atomic E-state index is -0.795. The topological polar surface area (TPSA) is 87.0 Å². The van der Waals surface area contributed by atoms with Crippen LogP contribution in [-0.2, 0) is 9.53 Å². The molecule has 0 aliphatic heterocycles. The van der Waals surface area contributed by atoms with Gasteiger partial charge >= 0.3 is 5.97 Å². The third-order valence-electron chi connectivity index (χ3n) is 10.7. The van der Waals surface area contributed by atoms with E-state index in [2.05, 4.69) is 20.8 Å². The molecule has 0 aromatic rings. The average Bonchev–Trinajstić information content (AvgIpc) is 2.99. The van der Waals surface area contributed by atoms with Gasteiger partial charge in [-0.05, 0) is 98.2 Å². The molecular formula is C25H42O5. The van der Waals surface area contributed by atoms with Gasteiger partial charge in [0.1, 0.15) is 0 Å². The number of aliphatic hydroxyl groups excluding tert-OH is 2. The maximum Gasteiger partial charge on any atom is 0.305 e. The first kappa shape index (κ1) is 22.5.